The Kier molecular flexibility index (Phi) is 9.71. The van der Waals surface area contributed by atoms with Crippen LogP contribution >= 0.6 is 0 Å². The molecular weight excluding hydrogens is 290 g/mol. The lowest BCUT2D eigenvalue weighted by Gasteiger charge is -2.17. The standard InChI is InChI=1S/C18H29N3O2/c1-3-21(4-2)14-10-6-9-13-19-17(22)15-20-18(23)16-11-7-5-8-12-16/h5,7-8,11-12H,3-4,6,9-10,13-15H2,1-2H3,(H,19,22)(H,20,23). The molecule has 0 aliphatic carbocycles. The maximum Gasteiger partial charge on any atom is 0.251 e. The highest BCUT2D eigenvalue weighted by molar-refractivity contribution is 5.96. The number of nitrogens with one attached hydrogen (secondary N) is 2. The summed E-state index contributed by atoms with van der Waals surface area (Å²) in [5, 5.41) is 5.46. The van der Waals surface area contributed by atoms with Crippen LogP contribution in [0.2, 0.25) is 0 Å². The highest BCUT2D eigenvalue weighted by Crippen LogP contribution is 1.98. The summed E-state index contributed by atoms with van der Waals surface area (Å²) in [7, 11) is 0. The molecule has 0 saturated heterocycles. The lowest BCUT2D eigenvalue weighted by molar-refractivity contribution is -0.120. The molecule has 1 aromatic rings. The van der Waals surface area contributed by atoms with Gasteiger partial charge < -0.3 is 15.5 Å². The highest BCUT2D eigenvalue weighted by atomic mass is 16.2. The van der Waals surface area contributed by atoms with Crippen molar-refractivity contribution in [1.29, 1.82) is 0 Å². The predicted octanol–water partition coefficient (Wildman–Crippen LogP) is 2.04. The fraction of sp³-hybridized carbons (Fsp3) is 0.556. The van der Waals surface area contributed by atoms with Gasteiger partial charge >= 0.3 is 0 Å². The van der Waals surface area contributed by atoms with E-state index in [4.69, 9.17) is 0 Å². The molecule has 5 nitrogen and oxygen atoms in total. The van der Waals surface area contributed by atoms with E-state index in [0.29, 0.717) is 12.1 Å². The minimum Gasteiger partial charge on any atom is -0.355 e. The van der Waals surface area contributed by atoms with E-state index in [1.807, 2.05) is 6.07 Å². The zero-order valence-electron chi connectivity index (χ0n) is 14.3. The van der Waals surface area contributed by atoms with Crippen molar-refractivity contribution in [3.8, 4) is 0 Å². The van der Waals surface area contributed by atoms with Gasteiger partial charge in [-0.1, -0.05) is 38.5 Å². The second-order valence-electron chi connectivity index (χ2n) is 5.49. The SMILES string of the molecule is CCN(CC)CCCCCNC(=O)CNC(=O)c1ccccc1. The van der Waals surface area contributed by atoms with Gasteiger partial charge in [0.1, 0.15) is 0 Å². The van der Waals surface area contributed by atoms with Gasteiger partial charge in [0.05, 0.1) is 6.54 Å². The number of nitrogens with zero attached hydrogens (tertiary/aromatic N) is 1. The molecule has 1 aromatic carbocycles. The van der Waals surface area contributed by atoms with Crippen molar-refractivity contribution in [3.05, 3.63) is 35.9 Å². The number of carbonyl (C=O) groups is 2. The first-order valence-electron chi connectivity index (χ1n) is 8.49. The van der Waals surface area contributed by atoms with Gasteiger partial charge in [-0.15, -0.1) is 0 Å². The summed E-state index contributed by atoms with van der Waals surface area (Å²) in [6, 6.07) is 8.90. The monoisotopic (exact) mass is 319 g/mol. The van der Waals surface area contributed by atoms with E-state index < -0.39 is 0 Å². The van der Waals surface area contributed by atoms with Crippen molar-refractivity contribution in [2.75, 3.05) is 32.7 Å². The summed E-state index contributed by atoms with van der Waals surface area (Å²) in [5.74, 6) is -0.363. The van der Waals surface area contributed by atoms with Crippen LogP contribution in [-0.2, 0) is 4.79 Å². The van der Waals surface area contributed by atoms with Gasteiger partial charge in [0.15, 0.2) is 0 Å². The largest absolute Gasteiger partial charge is 0.355 e. The van der Waals surface area contributed by atoms with Crippen molar-refractivity contribution in [3.63, 3.8) is 0 Å². The average molecular weight is 319 g/mol. The second kappa shape index (κ2) is 11.7. The zero-order chi connectivity index (χ0) is 16.9. The normalized spacial score (nSPS) is 10.6. The van der Waals surface area contributed by atoms with Crippen molar-refractivity contribution in [1.82, 2.24) is 15.5 Å². The molecule has 0 heterocycles. The van der Waals surface area contributed by atoms with Crippen LogP contribution in [0.3, 0.4) is 0 Å². The first-order chi connectivity index (χ1) is 11.2. The first-order valence-corrected chi connectivity index (χ1v) is 8.49. The van der Waals surface area contributed by atoms with Crippen molar-refractivity contribution in [2.24, 2.45) is 0 Å². The number of amides is 2. The summed E-state index contributed by atoms with van der Waals surface area (Å²) in [6.07, 6.45) is 3.23. The molecule has 0 atom stereocenters. The van der Waals surface area contributed by atoms with Gasteiger partial charge in [0, 0.05) is 12.1 Å². The quantitative estimate of drug-likeness (QED) is 0.614. The molecular formula is C18H29N3O2. The fourth-order valence-corrected chi connectivity index (χ4v) is 2.32. The van der Waals surface area contributed by atoms with E-state index in [1.54, 1.807) is 24.3 Å². The lowest BCUT2D eigenvalue weighted by atomic mass is 10.2. The summed E-state index contributed by atoms with van der Waals surface area (Å²) in [5.41, 5.74) is 0.566. The number of hydrogen-bond acceptors (Lipinski definition) is 3. The highest BCUT2D eigenvalue weighted by Gasteiger charge is 2.06. The van der Waals surface area contributed by atoms with Gasteiger partial charge in [0.25, 0.3) is 5.91 Å². The minimum absolute atomic E-state index is 0.0210. The number of carbonyl (C=O) groups excluding carboxylic acids is 2. The fourth-order valence-electron chi connectivity index (χ4n) is 2.32. The predicted molar refractivity (Wildman–Crippen MR) is 93.4 cm³/mol. The Hall–Kier alpha value is -1.88. The van der Waals surface area contributed by atoms with Crippen LogP contribution in [0.15, 0.2) is 30.3 Å². The number of unbranched alkanes of at least 4 members (excludes halogenated alkanes) is 2. The topological polar surface area (TPSA) is 61.4 Å². The molecule has 23 heavy (non-hydrogen) atoms. The molecule has 0 aliphatic rings. The van der Waals surface area contributed by atoms with Crippen LogP contribution in [0.25, 0.3) is 0 Å². The Labute approximate surface area is 139 Å². The number of benzene rings is 1. The van der Waals surface area contributed by atoms with Crippen LogP contribution in [0.1, 0.15) is 43.5 Å². The number of hydrogen-bond donors (Lipinski definition) is 2. The average Bonchev–Trinajstić information content (AvgIpc) is 2.60. The second-order valence-corrected chi connectivity index (χ2v) is 5.49. The maximum atomic E-state index is 11.8. The summed E-state index contributed by atoms with van der Waals surface area (Å²) in [6.45, 7) is 8.34. The molecule has 2 N–H and O–H groups in total. The van der Waals surface area contributed by atoms with E-state index in [9.17, 15) is 9.59 Å². The van der Waals surface area contributed by atoms with Crippen LogP contribution in [-0.4, -0.2) is 49.4 Å². The van der Waals surface area contributed by atoms with Crippen molar-refractivity contribution >= 4 is 11.8 Å². The molecule has 5 heteroatoms. The number of rotatable bonds is 11. The molecule has 0 aromatic heterocycles. The van der Waals surface area contributed by atoms with E-state index in [1.165, 1.54) is 0 Å². The smallest absolute Gasteiger partial charge is 0.251 e. The maximum absolute atomic E-state index is 11.8. The van der Waals surface area contributed by atoms with Gasteiger partial charge in [-0.3, -0.25) is 9.59 Å². The van der Waals surface area contributed by atoms with Gasteiger partial charge in [-0.2, -0.15) is 0 Å². The molecule has 0 saturated carbocycles. The van der Waals surface area contributed by atoms with Gasteiger partial charge in [0.2, 0.25) is 5.91 Å². The third-order valence-electron chi connectivity index (χ3n) is 3.81. The Morgan fingerprint density at radius 3 is 2.30 bits per heavy atom. The zero-order valence-corrected chi connectivity index (χ0v) is 14.3. The molecule has 0 aliphatic heterocycles. The van der Waals surface area contributed by atoms with Crippen molar-refractivity contribution < 1.29 is 9.59 Å². The first kappa shape index (κ1) is 19.2. The Morgan fingerprint density at radius 1 is 0.957 bits per heavy atom. The van der Waals surface area contributed by atoms with Crippen molar-refractivity contribution in [2.45, 2.75) is 33.1 Å². The molecule has 0 radical (unpaired) electrons. The third kappa shape index (κ3) is 8.35. The Bertz CT molecular complexity index is 459. The molecule has 0 bridgehead atoms. The molecule has 1 rings (SSSR count). The van der Waals surface area contributed by atoms with E-state index in [-0.39, 0.29) is 18.4 Å². The summed E-state index contributed by atoms with van der Waals surface area (Å²) in [4.78, 5) is 25.9. The van der Waals surface area contributed by atoms with Crippen LogP contribution < -0.4 is 10.6 Å². The van der Waals surface area contributed by atoms with Crippen LogP contribution in [0.5, 0.6) is 0 Å². The Morgan fingerprint density at radius 2 is 1.65 bits per heavy atom. The third-order valence-corrected chi connectivity index (χ3v) is 3.81. The summed E-state index contributed by atoms with van der Waals surface area (Å²) < 4.78 is 0. The molecule has 0 unspecified atom stereocenters. The summed E-state index contributed by atoms with van der Waals surface area (Å²) >= 11 is 0. The molecule has 128 valence electrons. The van der Waals surface area contributed by atoms with Gasteiger partial charge in [-0.25, -0.2) is 0 Å². The van der Waals surface area contributed by atoms with Gasteiger partial charge in [-0.05, 0) is 44.6 Å². The molecule has 2 amide bonds. The molecule has 0 spiro atoms. The lowest BCUT2D eigenvalue weighted by Crippen LogP contribution is -2.37. The van der Waals surface area contributed by atoms with E-state index >= 15 is 0 Å². The Balaban J connectivity index is 2.05. The van der Waals surface area contributed by atoms with E-state index in [0.717, 1.165) is 38.9 Å². The van der Waals surface area contributed by atoms with E-state index in [2.05, 4.69) is 29.4 Å². The molecule has 0 fully saturated rings. The van der Waals surface area contributed by atoms with Crippen LogP contribution in [0, 0.1) is 0 Å². The minimum atomic E-state index is -0.222. The van der Waals surface area contributed by atoms with Crippen LogP contribution in [0.4, 0.5) is 0 Å².